The van der Waals surface area contributed by atoms with Crippen molar-refractivity contribution in [3.05, 3.63) is 52.3 Å². The lowest BCUT2D eigenvalue weighted by molar-refractivity contribution is 0.000163. The van der Waals surface area contributed by atoms with Crippen molar-refractivity contribution in [3.8, 4) is 0 Å². The van der Waals surface area contributed by atoms with E-state index >= 15 is 0 Å². The highest BCUT2D eigenvalue weighted by atomic mass is 16.5. The van der Waals surface area contributed by atoms with Gasteiger partial charge in [-0.1, -0.05) is 24.3 Å². The van der Waals surface area contributed by atoms with Crippen molar-refractivity contribution in [1.29, 1.82) is 0 Å². The number of nitrogens with one attached hydrogen (secondary N) is 1. The Morgan fingerprint density at radius 3 is 2.39 bits per heavy atom. The molecule has 0 atom stereocenters. The average Bonchev–Trinajstić information content (AvgIpc) is 3.03. The molecule has 0 radical (unpaired) electrons. The number of aromatic nitrogens is 2. The lowest BCUT2D eigenvalue weighted by atomic mass is 9.99. The molecule has 122 valence electrons. The van der Waals surface area contributed by atoms with Crippen LogP contribution in [0.15, 0.2) is 24.3 Å². The summed E-state index contributed by atoms with van der Waals surface area (Å²) in [5.74, 6) is -0.0829. The molecule has 1 N–H and O–H groups in total. The summed E-state index contributed by atoms with van der Waals surface area (Å²) in [5, 5.41) is 7.35. The minimum Gasteiger partial charge on any atom is -0.376 e. The second-order valence-corrected chi connectivity index (χ2v) is 6.36. The van der Waals surface area contributed by atoms with Crippen LogP contribution >= 0.6 is 0 Å². The molecule has 0 saturated carbocycles. The third-order valence-corrected chi connectivity index (χ3v) is 4.88. The van der Waals surface area contributed by atoms with Crippen LogP contribution in [0.3, 0.4) is 0 Å². The summed E-state index contributed by atoms with van der Waals surface area (Å²) < 4.78 is 7.54. The molecular formula is C18H23N3O2. The van der Waals surface area contributed by atoms with Gasteiger partial charge in [0.2, 0.25) is 0 Å². The third-order valence-electron chi connectivity index (χ3n) is 4.88. The number of methoxy groups -OCH3 is 1. The zero-order valence-electron chi connectivity index (χ0n) is 14.1. The number of nitrogens with zero attached hydrogens (tertiary/aromatic N) is 2. The monoisotopic (exact) mass is 313 g/mol. The molecule has 23 heavy (non-hydrogen) atoms. The molecule has 1 aliphatic rings. The maximum absolute atomic E-state index is 12.6. The first-order valence-corrected chi connectivity index (χ1v) is 7.86. The second kappa shape index (κ2) is 5.81. The van der Waals surface area contributed by atoms with Gasteiger partial charge in [-0.25, -0.2) is 0 Å². The summed E-state index contributed by atoms with van der Waals surface area (Å²) in [7, 11) is 3.57. The highest BCUT2D eigenvalue weighted by Gasteiger charge is 2.37. The number of benzene rings is 1. The number of ether oxygens (including phenoxy) is 1. The van der Waals surface area contributed by atoms with Crippen molar-refractivity contribution in [2.75, 3.05) is 13.7 Å². The van der Waals surface area contributed by atoms with E-state index in [2.05, 4.69) is 22.5 Å². The van der Waals surface area contributed by atoms with Gasteiger partial charge in [0.25, 0.3) is 5.91 Å². The Hall–Kier alpha value is -2.14. The van der Waals surface area contributed by atoms with E-state index < -0.39 is 0 Å². The maximum atomic E-state index is 12.6. The standard InChI is InChI=1S/C18H23N3O2/c1-12-16(13(2)21(3)20-12)17(22)19-11-18(23-4)9-14-7-5-6-8-15(14)10-18/h5-8H,9-11H2,1-4H3,(H,19,22). The molecule has 0 unspecified atom stereocenters. The molecule has 1 heterocycles. The number of hydrogen-bond donors (Lipinski definition) is 1. The molecule has 1 amide bonds. The van der Waals surface area contributed by atoms with Gasteiger partial charge in [0.15, 0.2) is 0 Å². The molecule has 3 rings (SSSR count). The topological polar surface area (TPSA) is 56.1 Å². The molecule has 1 aliphatic carbocycles. The molecule has 1 aromatic carbocycles. The lowest BCUT2D eigenvalue weighted by Gasteiger charge is -2.27. The number of rotatable bonds is 4. The van der Waals surface area contributed by atoms with Crippen LogP contribution in [0.1, 0.15) is 32.9 Å². The lowest BCUT2D eigenvalue weighted by Crippen LogP contribution is -2.45. The van der Waals surface area contributed by atoms with Gasteiger partial charge in [-0.2, -0.15) is 5.10 Å². The second-order valence-electron chi connectivity index (χ2n) is 6.36. The Kier molecular flexibility index (Phi) is 3.98. The van der Waals surface area contributed by atoms with Gasteiger partial charge in [-0.05, 0) is 25.0 Å². The van der Waals surface area contributed by atoms with Crippen molar-refractivity contribution >= 4 is 5.91 Å². The predicted molar refractivity (Wildman–Crippen MR) is 88.6 cm³/mol. The fourth-order valence-corrected chi connectivity index (χ4v) is 3.43. The van der Waals surface area contributed by atoms with Gasteiger partial charge in [0, 0.05) is 39.2 Å². The molecule has 2 aromatic rings. The van der Waals surface area contributed by atoms with Gasteiger partial charge in [-0.15, -0.1) is 0 Å². The number of carbonyl (C=O) groups excluding carboxylic acids is 1. The van der Waals surface area contributed by atoms with Crippen molar-refractivity contribution in [2.45, 2.75) is 32.3 Å². The van der Waals surface area contributed by atoms with Crippen LogP contribution in [0, 0.1) is 13.8 Å². The number of hydrogen-bond acceptors (Lipinski definition) is 3. The van der Waals surface area contributed by atoms with Crippen molar-refractivity contribution < 1.29 is 9.53 Å². The van der Waals surface area contributed by atoms with Crippen LogP contribution in [-0.2, 0) is 24.6 Å². The van der Waals surface area contributed by atoms with Crippen molar-refractivity contribution in [3.63, 3.8) is 0 Å². The summed E-state index contributed by atoms with van der Waals surface area (Å²) >= 11 is 0. The molecule has 1 aromatic heterocycles. The van der Waals surface area contributed by atoms with E-state index in [0.717, 1.165) is 24.2 Å². The minimum absolute atomic E-state index is 0.0829. The fraction of sp³-hybridized carbons (Fsp3) is 0.444. The summed E-state index contributed by atoms with van der Waals surface area (Å²) in [6.45, 7) is 4.26. The summed E-state index contributed by atoms with van der Waals surface area (Å²) in [6, 6.07) is 8.36. The summed E-state index contributed by atoms with van der Waals surface area (Å²) in [6.07, 6.45) is 1.65. The van der Waals surface area contributed by atoms with E-state index in [0.29, 0.717) is 12.1 Å². The molecule has 0 fully saturated rings. The average molecular weight is 313 g/mol. The maximum Gasteiger partial charge on any atom is 0.255 e. The van der Waals surface area contributed by atoms with E-state index in [4.69, 9.17) is 4.74 Å². The van der Waals surface area contributed by atoms with Crippen LogP contribution in [0.25, 0.3) is 0 Å². The molecule has 0 aliphatic heterocycles. The van der Waals surface area contributed by atoms with Gasteiger partial charge >= 0.3 is 0 Å². The Bertz CT molecular complexity index is 724. The van der Waals surface area contributed by atoms with Crippen molar-refractivity contribution in [2.24, 2.45) is 7.05 Å². The number of aryl methyl sites for hydroxylation is 2. The van der Waals surface area contributed by atoms with E-state index in [9.17, 15) is 4.79 Å². The number of carbonyl (C=O) groups is 1. The smallest absolute Gasteiger partial charge is 0.255 e. The number of fused-ring (bicyclic) bond motifs is 1. The molecule has 5 heteroatoms. The Labute approximate surface area is 136 Å². The molecule has 0 bridgehead atoms. The van der Waals surface area contributed by atoms with Crippen molar-refractivity contribution in [1.82, 2.24) is 15.1 Å². The first-order valence-electron chi connectivity index (χ1n) is 7.86. The number of amides is 1. The zero-order valence-corrected chi connectivity index (χ0v) is 14.1. The van der Waals surface area contributed by atoms with Gasteiger partial charge in [0.05, 0.1) is 16.9 Å². The molecule has 0 saturated heterocycles. The van der Waals surface area contributed by atoms with Crippen LogP contribution in [-0.4, -0.2) is 34.9 Å². The Morgan fingerprint density at radius 2 is 1.91 bits per heavy atom. The first kappa shape index (κ1) is 15.7. The van der Waals surface area contributed by atoms with Crippen LogP contribution in [0.5, 0.6) is 0 Å². The largest absolute Gasteiger partial charge is 0.376 e. The molecule has 0 spiro atoms. The van der Waals surface area contributed by atoms with Gasteiger partial charge in [-0.3, -0.25) is 9.48 Å². The van der Waals surface area contributed by atoms with E-state index in [1.807, 2.05) is 33.0 Å². The first-order chi connectivity index (χ1) is 11.0. The Balaban J connectivity index is 1.74. The Morgan fingerprint density at radius 1 is 1.30 bits per heavy atom. The van der Waals surface area contributed by atoms with Crippen LogP contribution in [0.2, 0.25) is 0 Å². The van der Waals surface area contributed by atoms with E-state index in [1.165, 1.54) is 11.1 Å². The van der Waals surface area contributed by atoms with Crippen LogP contribution in [0.4, 0.5) is 0 Å². The zero-order chi connectivity index (χ0) is 16.6. The van der Waals surface area contributed by atoms with Gasteiger partial charge < -0.3 is 10.1 Å². The molecule has 5 nitrogen and oxygen atoms in total. The van der Waals surface area contributed by atoms with Gasteiger partial charge in [0.1, 0.15) is 0 Å². The summed E-state index contributed by atoms with van der Waals surface area (Å²) in [5.41, 5.74) is 4.54. The molecular weight excluding hydrogens is 290 g/mol. The van der Waals surface area contributed by atoms with E-state index in [1.54, 1.807) is 11.8 Å². The normalized spacial score (nSPS) is 15.5. The predicted octanol–water partition coefficient (Wildman–Crippen LogP) is 1.95. The summed E-state index contributed by atoms with van der Waals surface area (Å²) in [4.78, 5) is 12.6. The highest BCUT2D eigenvalue weighted by Crippen LogP contribution is 2.32. The SMILES string of the molecule is COC1(CNC(=O)c2c(C)nn(C)c2C)Cc2ccccc2C1. The van der Waals surface area contributed by atoms with Crippen LogP contribution < -0.4 is 5.32 Å². The fourth-order valence-electron chi connectivity index (χ4n) is 3.43. The minimum atomic E-state index is -0.358. The quantitative estimate of drug-likeness (QED) is 0.938. The van der Waals surface area contributed by atoms with E-state index in [-0.39, 0.29) is 11.5 Å². The highest BCUT2D eigenvalue weighted by molar-refractivity contribution is 5.96. The third kappa shape index (κ3) is 2.77.